The maximum Gasteiger partial charge on any atom is 0.365 e. The predicted octanol–water partition coefficient (Wildman–Crippen LogP) is 3.74. The fourth-order valence-electron chi connectivity index (χ4n) is 1.66. The van der Waals surface area contributed by atoms with Crippen LogP contribution in [0.5, 0.6) is 11.5 Å². The lowest BCUT2D eigenvalue weighted by Crippen LogP contribution is -2.00. The molecule has 0 aliphatic rings. The lowest BCUT2D eigenvalue weighted by molar-refractivity contribution is 0.0519. The summed E-state index contributed by atoms with van der Waals surface area (Å²) in [7, 11) is 0. The summed E-state index contributed by atoms with van der Waals surface area (Å²) < 4.78 is 6.14. The molecule has 0 fully saturated rings. The summed E-state index contributed by atoms with van der Waals surface area (Å²) in [5, 5.41) is 13.2. The number of benzene rings is 2. The molecule has 114 valence electrons. The summed E-state index contributed by atoms with van der Waals surface area (Å²) in [5.74, 6) is -0.149. The Morgan fingerprint density at radius 2 is 2.00 bits per heavy atom. The van der Waals surface area contributed by atoms with E-state index in [1.54, 1.807) is 36.4 Å². The monoisotopic (exact) mass is 363 g/mol. The molecule has 0 aliphatic carbocycles. The van der Waals surface area contributed by atoms with E-state index < -0.39 is 5.97 Å². The first kappa shape index (κ1) is 16.0. The molecule has 0 saturated carbocycles. The van der Waals surface area contributed by atoms with Crippen LogP contribution in [0.1, 0.15) is 22.8 Å². The number of phenols is 1. The van der Waals surface area contributed by atoms with E-state index in [1.807, 2.05) is 6.92 Å². The molecule has 0 atom stereocenters. The van der Waals surface area contributed by atoms with Crippen LogP contribution in [0.15, 0.2) is 52.1 Å². The van der Waals surface area contributed by atoms with Crippen LogP contribution in [-0.2, 0) is 4.84 Å². The maximum absolute atomic E-state index is 11.8. The number of ether oxygens (including phenoxy) is 1. The molecule has 0 unspecified atom stereocenters. The second-order valence-electron chi connectivity index (χ2n) is 4.28. The average molecular weight is 364 g/mol. The molecule has 5 nitrogen and oxygen atoms in total. The number of halogens is 1. The lowest BCUT2D eigenvalue weighted by atomic mass is 10.2. The van der Waals surface area contributed by atoms with Gasteiger partial charge >= 0.3 is 5.97 Å². The van der Waals surface area contributed by atoms with Gasteiger partial charge < -0.3 is 14.7 Å². The Balaban J connectivity index is 2.01. The summed E-state index contributed by atoms with van der Waals surface area (Å²) in [6.07, 6.45) is 1.37. The second-order valence-corrected chi connectivity index (χ2v) is 5.20. The van der Waals surface area contributed by atoms with Crippen molar-refractivity contribution in [1.29, 1.82) is 0 Å². The van der Waals surface area contributed by atoms with E-state index in [2.05, 4.69) is 21.1 Å². The van der Waals surface area contributed by atoms with Crippen molar-refractivity contribution in [3.05, 3.63) is 58.1 Å². The zero-order valence-corrected chi connectivity index (χ0v) is 13.4. The molecule has 0 bridgehead atoms. The molecule has 0 aromatic heterocycles. The second kappa shape index (κ2) is 7.61. The van der Waals surface area contributed by atoms with Crippen molar-refractivity contribution in [3.63, 3.8) is 0 Å². The standard InChI is InChI=1S/C16H14BrNO4/c1-2-21-15-9-11(3-8-14(15)19)10-18-22-16(20)12-4-6-13(17)7-5-12/h3-10,19H,2H2,1H3/b18-10+. The number of phenolic OH excluding ortho intramolecular Hbond substituents is 1. The molecule has 0 saturated heterocycles. The Kier molecular flexibility index (Phi) is 5.55. The predicted molar refractivity (Wildman–Crippen MR) is 86.4 cm³/mol. The molecule has 6 heteroatoms. The molecule has 1 N–H and O–H groups in total. The minimum atomic E-state index is -0.549. The molecule has 0 radical (unpaired) electrons. The van der Waals surface area contributed by atoms with E-state index in [4.69, 9.17) is 9.57 Å². The molecule has 0 heterocycles. The number of hydrogen-bond donors (Lipinski definition) is 1. The highest BCUT2D eigenvalue weighted by Crippen LogP contribution is 2.26. The Bertz CT molecular complexity index is 683. The fourth-order valence-corrected chi connectivity index (χ4v) is 1.92. The highest BCUT2D eigenvalue weighted by atomic mass is 79.9. The zero-order chi connectivity index (χ0) is 15.9. The van der Waals surface area contributed by atoms with E-state index in [0.717, 1.165) is 4.47 Å². The van der Waals surface area contributed by atoms with Gasteiger partial charge in [0, 0.05) is 10.0 Å². The molecule has 2 aromatic rings. The quantitative estimate of drug-likeness (QED) is 0.499. The molecule has 0 amide bonds. The summed E-state index contributed by atoms with van der Waals surface area (Å²) in [6, 6.07) is 11.5. The van der Waals surface area contributed by atoms with E-state index >= 15 is 0 Å². The first-order chi connectivity index (χ1) is 10.6. The van der Waals surface area contributed by atoms with Crippen molar-refractivity contribution in [1.82, 2.24) is 0 Å². The van der Waals surface area contributed by atoms with Gasteiger partial charge in [0.2, 0.25) is 0 Å². The first-order valence-corrected chi connectivity index (χ1v) is 7.35. The van der Waals surface area contributed by atoms with Crippen molar-refractivity contribution in [2.24, 2.45) is 5.16 Å². The van der Waals surface area contributed by atoms with E-state index in [9.17, 15) is 9.90 Å². The van der Waals surface area contributed by atoms with Gasteiger partial charge in [0.05, 0.1) is 18.4 Å². The van der Waals surface area contributed by atoms with Crippen LogP contribution in [0, 0.1) is 0 Å². The fraction of sp³-hybridized carbons (Fsp3) is 0.125. The number of aromatic hydroxyl groups is 1. The molecular formula is C16H14BrNO4. The Hall–Kier alpha value is -2.34. The van der Waals surface area contributed by atoms with Crippen LogP contribution in [0.4, 0.5) is 0 Å². The number of rotatable bonds is 5. The lowest BCUT2D eigenvalue weighted by Gasteiger charge is -2.05. The third kappa shape index (κ3) is 4.33. The molecule has 0 aliphatic heterocycles. The Morgan fingerprint density at radius 1 is 1.27 bits per heavy atom. The van der Waals surface area contributed by atoms with Crippen LogP contribution in [0.25, 0.3) is 0 Å². The van der Waals surface area contributed by atoms with Crippen LogP contribution in [0.2, 0.25) is 0 Å². The van der Waals surface area contributed by atoms with Crippen LogP contribution in [-0.4, -0.2) is 23.9 Å². The summed E-state index contributed by atoms with van der Waals surface area (Å²) in [6.45, 7) is 2.26. The minimum Gasteiger partial charge on any atom is -0.504 e. The molecule has 22 heavy (non-hydrogen) atoms. The Labute approximate surface area is 136 Å². The van der Waals surface area contributed by atoms with E-state index in [1.165, 1.54) is 12.3 Å². The van der Waals surface area contributed by atoms with Crippen LogP contribution in [0.3, 0.4) is 0 Å². The minimum absolute atomic E-state index is 0.0471. The normalized spacial score (nSPS) is 10.6. The first-order valence-electron chi connectivity index (χ1n) is 6.56. The number of hydrogen-bond acceptors (Lipinski definition) is 5. The van der Waals surface area contributed by atoms with Gasteiger partial charge in [0.25, 0.3) is 0 Å². The summed E-state index contributed by atoms with van der Waals surface area (Å²) >= 11 is 3.29. The SMILES string of the molecule is CCOc1cc(/C=N/OC(=O)c2ccc(Br)cc2)ccc1O. The van der Waals surface area contributed by atoms with Gasteiger partial charge in [-0.05, 0) is 49.4 Å². The van der Waals surface area contributed by atoms with Gasteiger partial charge in [0.15, 0.2) is 11.5 Å². The molecule has 2 rings (SSSR count). The smallest absolute Gasteiger partial charge is 0.365 e. The van der Waals surface area contributed by atoms with Gasteiger partial charge in [-0.2, -0.15) is 0 Å². The number of carbonyl (C=O) groups is 1. The van der Waals surface area contributed by atoms with E-state index in [-0.39, 0.29) is 5.75 Å². The number of oxime groups is 1. The largest absolute Gasteiger partial charge is 0.504 e. The summed E-state index contributed by atoms with van der Waals surface area (Å²) in [4.78, 5) is 16.6. The van der Waals surface area contributed by atoms with Crippen molar-refractivity contribution >= 4 is 28.1 Å². The Morgan fingerprint density at radius 3 is 2.68 bits per heavy atom. The highest BCUT2D eigenvalue weighted by Gasteiger charge is 2.06. The zero-order valence-electron chi connectivity index (χ0n) is 11.8. The average Bonchev–Trinajstić information content (AvgIpc) is 2.51. The van der Waals surface area contributed by atoms with Crippen molar-refractivity contribution in [2.75, 3.05) is 6.61 Å². The third-order valence-electron chi connectivity index (χ3n) is 2.70. The maximum atomic E-state index is 11.8. The van der Waals surface area contributed by atoms with Crippen molar-refractivity contribution < 1.29 is 19.5 Å². The van der Waals surface area contributed by atoms with Gasteiger partial charge in [-0.1, -0.05) is 21.1 Å². The third-order valence-corrected chi connectivity index (χ3v) is 3.23. The molecule has 2 aromatic carbocycles. The summed E-state index contributed by atoms with van der Waals surface area (Å²) in [5.41, 5.74) is 1.05. The molecule has 0 spiro atoms. The molecular weight excluding hydrogens is 350 g/mol. The van der Waals surface area contributed by atoms with Crippen molar-refractivity contribution in [3.8, 4) is 11.5 Å². The van der Waals surface area contributed by atoms with Crippen LogP contribution < -0.4 is 4.74 Å². The van der Waals surface area contributed by atoms with Gasteiger partial charge in [0.1, 0.15) is 0 Å². The van der Waals surface area contributed by atoms with E-state index in [0.29, 0.717) is 23.5 Å². The van der Waals surface area contributed by atoms with Gasteiger partial charge in [-0.15, -0.1) is 0 Å². The van der Waals surface area contributed by atoms with Crippen LogP contribution >= 0.6 is 15.9 Å². The van der Waals surface area contributed by atoms with Gasteiger partial charge in [-0.3, -0.25) is 0 Å². The number of nitrogens with zero attached hydrogens (tertiary/aromatic N) is 1. The van der Waals surface area contributed by atoms with Gasteiger partial charge in [-0.25, -0.2) is 4.79 Å². The highest BCUT2D eigenvalue weighted by molar-refractivity contribution is 9.10. The van der Waals surface area contributed by atoms with Crippen molar-refractivity contribution in [2.45, 2.75) is 6.92 Å². The number of carbonyl (C=O) groups excluding carboxylic acids is 1. The topological polar surface area (TPSA) is 68.1 Å².